The van der Waals surface area contributed by atoms with Gasteiger partial charge in [-0.2, -0.15) is 5.10 Å². The van der Waals surface area contributed by atoms with E-state index in [0.717, 1.165) is 32.2 Å². The van der Waals surface area contributed by atoms with Crippen LogP contribution in [0.2, 0.25) is 0 Å². The summed E-state index contributed by atoms with van der Waals surface area (Å²) in [5.41, 5.74) is -0.111. The highest BCUT2D eigenvalue weighted by Crippen LogP contribution is 2.21. The molecule has 1 saturated heterocycles. The molecule has 1 aromatic rings. The smallest absolute Gasteiger partial charge is 0.317 e. The van der Waals surface area contributed by atoms with E-state index < -0.39 is 0 Å². The van der Waals surface area contributed by atoms with Crippen molar-refractivity contribution in [3.63, 3.8) is 0 Å². The molecular formula is C15H22N4O2. The first kappa shape index (κ1) is 14.1. The second kappa shape index (κ2) is 6.28. The summed E-state index contributed by atoms with van der Waals surface area (Å²) >= 11 is 0. The largest absolute Gasteiger partial charge is 0.335 e. The molecule has 114 valence electrons. The molecule has 1 unspecified atom stereocenters. The normalized spacial score (nSPS) is 22.7. The van der Waals surface area contributed by atoms with Crippen LogP contribution in [0.15, 0.2) is 23.1 Å². The molecule has 1 aliphatic heterocycles. The quantitative estimate of drug-likeness (QED) is 0.914. The molecule has 2 aliphatic rings. The standard InChI is InChI=1S/C15H22N4O2/c20-14-8-3-9-16-19(14)11-13-7-4-10-18(13)15(21)17-12-5-1-2-6-12/h3,8-9,12-13H,1-2,4-7,10-11H2,(H,17,21). The summed E-state index contributed by atoms with van der Waals surface area (Å²) in [6.45, 7) is 1.25. The van der Waals surface area contributed by atoms with Gasteiger partial charge in [0, 0.05) is 24.8 Å². The number of carbonyl (C=O) groups is 1. The highest BCUT2D eigenvalue weighted by atomic mass is 16.2. The Morgan fingerprint density at radius 1 is 1.29 bits per heavy atom. The zero-order valence-electron chi connectivity index (χ0n) is 12.2. The lowest BCUT2D eigenvalue weighted by Gasteiger charge is -2.26. The monoisotopic (exact) mass is 290 g/mol. The van der Waals surface area contributed by atoms with Crippen molar-refractivity contribution in [3.8, 4) is 0 Å². The maximum atomic E-state index is 12.4. The van der Waals surface area contributed by atoms with E-state index in [1.54, 1.807) is 12.3 Å². The minimum absolute atomic E-state index is 0.0216. The first-order valence-electron chi connectivity index (χ1n) is 7.83. The van der Waals surface area contributed by atoms with Crippen molar-refractivity contribution < 1.29 is 4.79 Å². The second-order valence-corrected chi connectivity index (χ2v) is 5.96. The number of rotatable bonds is 3. The number of carbonyl (C=O) groups excluding carboxylic acids is 1. The fourth-order valence-corrected chi connectivity index (χ4v) is 3.34. The van der Waals surface area contributed by atoms with E-state index in [-0.39, 0.29) is 17.6 Å². The van der Waals surface area contributed by atoms with Crippen molar-refractivity contribution in [1.82, 2.24) is 20.0 Å². The fraction of sp³-hybridized carbons (Fsp3) is 0.667. The first-order chi connectivity index (χ1) is 10.2. The first-order valence-corrected chi connectivity index (χ1v) is 7.83. The molecule has 0 radical (unpaired) electrons. The number of hydrogen-bond donors (Lipinski definition) is 1. The molecule has 0 spiro atoms. The summed E-state index contributed by atoms with van der Waals surface area (Å²) in [5, 5.41) is 7.21. The van der Waals surface area contributed by atoms with Crippen LogP contribution in [0.1, 0.15) is 38.5 Å². The summed E-state index contributed by atoms with van der Waals surface area (Å²) in [6.07, 6.45) is 8.12. The third kappa shape index (κ3) is 3.25. The van der Waals surface area contributed by atoms with Crippen LogP contribution in [0.4, 0.5) is 4.79 Å². The Labute approximate surface area is 124 Å². The molecule has 1 aromatic heterocycles. The lowest BCUT2D eigenvalue weighted by Crippen LogP contribution is -2.48. The Balaban J connectivity index is 1.63. The van der Waals surface area contributed by atoms with Crippen LogP contribution >= 0.6 is 0 Å². The van der Waals surface area contributed by atoms with Crippen molar-refractivity contribution in [2.24, 2.45) is 0 Å². The minimum atomic E-state index is -0.111. The van der Waals surface area contributed by atoms with Gasteiger partial charge in [0.05, 0.1) is 12.6 Å². The van der Waals surface area contributed by atoms with Gasteiger partial charge in [-0.15, -0.1) is 0 Å². The third-order valence-corrected chi connectivity index (χ3v) is 4.49. The molecule has 1 N–H and O–H groups in total. The Morgan fingerprint density at radius 3 is 2.86 bits per heavy atom. The van der Waals surface area contributed by atoms with Crippen LogP contribution in [0.25, 0.3) is 0 Å². The lowest BCUT2D eigenvalue weighted by molar-refractivity contribution is 0.181. The molecule has 1 aliphatic carbocycles. The van der Waals surface area contributed by atoms with E-state index in [1.807, 2.05) is 4.90 Å². The summed E-state index contributed by atoms with van der Waals surface area (Å²) in [7, 11) is 0. The summed E-state index contributed by atoms with van der Waals surface area (Å²) in [6, 6.07) is 3.56. The van der Waals surface area contributed by atoms with Crippen molar-refractivity contribution in [2.45, 2.75) is 57.2 Å². The van der Waals surface area contributed by atoms with Crippen LogP contribution in [0.5, 0.6) is 0 Å². The van der Waals surface area contributed by atoms with Crippen LogP contribution in [-0.4, -0.2) is 39.3 Å². The molecule has 2 heterocycles. The molecule has 0 bridgehead atoms. The molecule has 1 atom stereocenters. The highest BCUT2D eigenvalue weighted by Gasteiger charge is 2.31. The number of nitrogens with zero attached hydrogens (tertiary/aromatic N) is 3. The van der Waals surface area contributed by atoms with Gasteiger partial charge in [0.25, 0.3) is 5.56 Å². The highest BCUT2D eigenvalue weighted by molar-refractivity contribution is 5.75. The number of nitrogens with one attached hydrogen (secondary N) is 1. The molecule has 0 aromatic carbocycles. The van der Waals surface area contributed by atoms with Gasteiger partial charge in [0.2, 0.25) is 0 Å². The second-order valence-electron chi connectivity index (χ2n) is 5.96. The third-order valence-electron chi connectivity index (χ3n) is 4.49. The number of urea groups is 1. The topological polar surface area (TPSA) is 67.2 Å². The number of likely N-dealkylation sites (tertiary alicyclic amines) is 1. The molecule has 21 heavy (non-hydrogen) atoms. The van der Waals surface area contributed by atoms with Gasteiger partial charge in [-0.1, -0.05) is 12.8 Å². The lowest BCUT2D eigenvalue weighted by atomic mass is 10.2. The zero-order valence-corrected chi connectivity index (χ0v) is 12.2. The molecule has 3 rings (SSSR count). The van der Waals surface area contributed by atoms with E-state index in [4.69, 9.17) is 0 Å². The number of aromatic nitrogens is 2. The van der Waals surface area contributed by atoms with Gasteiger partial charge in [-0.3, -0.25) is 4.79 Å². The molecule has 6 nitrogen and oxygen atoms in total. The molecular weight excluding hydrogens is 268 g/mol. The predicted molar refractivity (Wildman–Crippen MR) is 79.0 cm³/mol. The van der Waals surface area contributed by atoms with Gasteiger partial charge in [0.15, 0.2) is 0 Å². The molecule has 1 saturated carbocycles. The van der Waals surface area contributed by atoms with E-state index in [9.17, 15) is 9.59 Å². The van der Waals surface area contributed by atoms with Crippen molar-refractivity contribution in [2.75, 3.05) is 6.54 Å². The molecule has 2 fully saturated rings. The van der Waals surface area contributed by atoms with Crippen LogP contribution in [0, 0.1) is 0 Å². The summed E-state index contributed by atoms with van der Waals surface area (Å²) < 4.78 is 1.45. The Kier molecular flexibility index (Phi) is 4.22. The minimum Gasteiger partial charge on any atom is -0.335 e. The van der Waals surface area contributed by atoms with Crippen LogP contribution in [0.3, 0.4) is 0 Å². The Hall–Kier alpha value is -1.85. The number of amides is 2. The predicted octanol–water partition coefficient (Wildman–Crippen LogP) is 1.36. The van der Waals surface area contributed by atoms with Crippen molar-refractivity contribution >= 4 is 6.03 Å². The van der Waals surface area contributed by atoms with Crippen molar-refractivity contribution in [3.05, 3.63) is 28.7 Å². The van der Waals surface area contributed by atoms with E-state index in [0.29, 0.717) is 12.6 Å². The SMILES string of the molecule is O=C(NC1CCCC1)N1CCCC1Cn1ncccc1=O. The van der Waals surface area contributed by atoms with E-state index in [2.05, 4.69) is 10.4 Å². The fourth-order valence-electron chi connectivity index (χ4n) is 3.34. The summed E-state index contributed by atoms with van der Waals surface area (Å²) in [5.74, 6) is 0. The maximum Gasteiger partial charge on any atom is 0.317 e. The van der Waals surface area contributed by atoms with Gasteiger partial charge >= 0.3 is 6.03 Å². The zero-order chi connectivity index (χ0) is 14.7. The van der Waals surface area contributed by atoms with Gasteiger partial charge < -0.3 is 10.2 Å². The van der Waals surface area contributed by atoms with Gasteiger partial charge in [0.1, 0.15) is 0 Å². The Bertz CT molecular complexity index is 551. The summed E-state index contributed by atoms with van der Waals surface area (Å²) in [4.78, 5) is 26.0. The van der Waals surface area contributed by atoms with Crippen LogP contribution < -0.4 is 10.9 Å². The average molecular weight is 290 g/mol. The average Bonchev–Trinajstić information content (AvgIpc) is 3.12. The maximum absolute atomic E-state index is 12.4. The van der Waals surface area contributed by atoms with Gasteiger partial charge in [-0.05, 0) is 31.7 Å². The van der Waals surface area contributed by atoms with Gasteiger partial charge in [-0.25, -0.2) is 9.48 Å². The van der Waals surface area contributed by atoms with Crippen molar-refractivity contribution in [1.29, 1.82) is 0 Å². The van der Waals surface area contributed by atoms with E-state index >= 15 is 0 Å². The molecule has 2 amide bonds. The van der Waals surface area contributed by atoms with E-state index in [1.165, 1.54) is 23.6 Å². The van der Waals surface area contributed by atoms with Crippen LogP contribution in [-0.2, 0) is 6.54 Å². The molecule has 6 heteroatoms. The Morgan fingerprint density at radius 2 is 2.10 bits per heavy atom. The number of hydrogen-bond acceptors (Lipinski definition) is 3.